The van der Waals surface area contributed by atoms with Crippen molar-refractivity contribution in [3.05, 3.63) is 59.9 Å². The largest absolute Gasteiger partial charge is 0.327 e. The minimum atomic E-state index is -3.56. The van der Waals surface area contributed by atoms with Gasteiger partial charge in [0, 0.05) is 13.6 Å². The van der Waals surface area contributed by atoms with Crippen molar-refractivity contribution in [1.82, 2.24) is 13.9 Å². The van der Waals surface area contributed by atoms with E-state index in [4.69, 9.17) is 0 Å². The molecule has 1 aromatic heterocycles. The quantitative estimate of drug-likeness (QED) is 0.658. The molecule has 0 amide bonds. The molecule has 0 atom stereocenters. The Balaban J connectivity index is 1.90. The van der Waals surface area contributed by atoms with Crippen LogP contribution >= 0.6 is 0 Å². The highest BCUT2D eigenvalue weighted by atomic mass is 32.2. The standard InChI is InChI=1S/C20H25N3O2S/c1-5-23-19-9-7-6-8-18(19)21-20(23)14-22(4)26(24,25)17-12-10-16(11-13-17)15(2)3/h6-13,15H,5,14H2,1-4H3. The van der Waals surface area contributed by atoms with Gasteiger partial charge in [-0.1, -0.05) is 38.1 Å². The highest BCUT2D eigenvalue weighted by Crippen LogP contribution is 2.22. The van der Waals surface area contributed by atoms with Crippen molar-refractivity contribution >= 4 is 21.1 Å². The van der Waals surface area contributed by atoms with Crippen molar-refractivity contribution in [2.24, 2.45) is 0 Å². The van der Waals surface area contributed by atoms with Crippen LogP contribution in [0.3, 0.4) is 0 Å². The summed E-state index contributed by atoms with van der Waals surface area (Å²) in [6, 6.07) is 15.0. The third-order valence-electron chi connectivity index (χ3n) is 4.67. The molecule has 0 unspecified atom stereocenters. The summed E-state index contributed by atoms with van der Waals surface area (Å²) in [6.45, 7) is 7.19. The van der Waals surface area contributed by atoms with Gasteiger partial charge in [0.1, 0.15) is 5.82 Å². The first kappa shape index (κ1) is 18.6. The second kappa shape index (κ2) is 7.21. The van der Waals surface area contributed by atoms with Crippen LogP contribution in [0.4, 0.5) is 0 Å². The summed E-state index contributed by atoms with van der Waals surface area (Å²) >= 11 is 0. The van der Waals surface area contributed by atoms with Crippen LogP contribution in [0.2, 0.25) is 0 Å². The van der Waals surface area contributed by atoms with Gasteiger partial charge in [0.2, 0.25) is 10.0 Å². The molecule has 0 aliphatic heterocycles. The van der Waals surface area contributed by atoms with Gasteiger partial charge in [0.15, 0.2) is 0 Å². The molecular formula is C20H25N3O2S. The molecule has 0 aliphatic rings. The van der Waals surface area contributed by atoms with Crippen molar-refractivity contribution in [3.8, 4) is 0 Å². The maximum Gasteiger partial charge on any atom is 0.243 e. The number of fused-ring (bicyclic) bond motifs is 1. The zero-order chi connectivity index (χ0) is 18.9. The fourth-order valence-corrected chi connectivity index (χ4v) is 4.21. The Morgan fingerprint density at radius 2 is 1.73 bits per heavy atom. The van der Waals surface area contributed by atoms with Crippen LogP contribution in [0.1, 0.15) is 38.1 Å². The third kappa shape index (κ3) is 3.39. The number of nitrogens with zero attached hydrogens (tertiary/aromatic N) is 3. The minimum absolute atomic E-state index is 0.233. The third-order valence-corrected chi connectivity index (χ3v) is 6.49. The van der Waals surface area contributed by atoms with Crippen molar-refractivity contribution in [1.29, 1.82) is 0 Å². The van der Waals surface area contributed by atoms with Crippen molar-refractivity contribution in [2.75, 3.05) is 7.05 Å². The normalized spacial score (nSPS) is 12.4. The molecule has 0 aliphatic carbocycles. The van der Waals surface area contributed by atoms with Gasteiger partial charge >= 0.3 is 0 Å². The van der Waals surface area contributed by atoms with Gasteiger partial charge in [-0.2, -0.15) is 4.31 Å². The fraction of sp³-hybridized carbons (Fsp3) is 0.350. The molecule has 3 rings (SSSR count). The van der Waals surface area contributed by atoms with E-state index in [1.165, 1.54) is 4.31 Å². The summed E-state index contributed by atoms with van der Waals surface area (Å²) in [7, 11) is -1.96. The molecule has 0 radical (unpaired) electrons. The molecule has 6 heteroatoms. The Labute approximate surface area is 155 Å². The molecule has 5 nitrogen and oxygen atoms in total. The van der Waals surface area contributed by atoms with Crippen molar-refractivity contribution in [3.63, 3.8) is 0 Å². The minimum Gasteiger partial charge on any atom is -0.327 e. The van der Waals surface area contributed by atoms with Crippen LogP contribution < -0.4 is 0 Å². The highest BCUT2D eigenvalue weighted by molar-refractivity contribution is 7.89. The Kier molecular flexibility index (Phi) is 5.16. The van der Waals surface area contributed by atoms with Crippen molar-refractivity contribution in [2.45, 2.75) is 44.7 Å². The van der Waals surface area contributed by atoms with Crippen LogP contribution in [0.25, 0.3) is 11.0 Å². The summed E-state index contributed by atoms with van der Waals surface area (Å²) in [5, 5.41) is 0. The lowest BCUT2D eigenvalue weighted by molar-refractivity contribution is 0.449. The van der Waals surface area contributed by atoms with Gasteiger partial charge in [0.05, 0.1) is 22.5 Å². The number of benzene rings is 2. The first-order valence-electron chi connectivity index (χ1n) is 8.85. The fourth-order valence-electron chi connectivity index (χ4n) is 3.09. The smallest absolute Gasteiger partial charge is 0.243 e. The number of aromatic nitrogens is 2. The van der Waals surface area contributed by atoms with E-state index in [0.29, 0.717) is 10.8 Å². The summed E-state index contributed by atoms with van der Waals surface area (Å²) in [5.41, 5.74) is 3.04. The number of rotatable bonds is 6. The van der Waals surface area contributed by atoms with Crippen LogP contribution in [-0.4, -0.2) is 29.3 Å². The number of sulfonamides is 1. The molecule has 1 heterocycles. The number of aryl methyl sites for hydroxylation is 1. The summed E-state index contributed by atoms with van der Waals surface area (Å²) in [5.74, 6) is 1.12. The Hall–Kier alpha value is -2.18. The Morgan fingerprint density at radius 3 is 2.35 bits per heavy atom. The van der Waals surface area contributed by atoms with E-state index in [9.17, 15) is 8.42 Å². The van der Waals surface area contributed by atoms with Gasteiger partial charge < -0.3 is 4.57 Å². The average molecular weight is 372 g/mol. The van der Waals surface area contributed by atoms with E-state index < -0.39 is 10.0 Å². The van der Waals surface area contributed by atoms with E-state index in [2.05, 4.69) is 23.4 Å². The van der Waals surface area contributed by atoms with E-state index in [-0.39, 0.29) is 6.54 Å². The van der Waals surface area contributed by atoms with Crippen molar-refractivity contribution < 1.29 is 8.42 Å². The lowest BCUT2D eigenvalue weighted by Gasteiger charge is -2.18. The SMILES string of the molecule is CCn1c(CN(C)S(=O)(=O)c2ccc(C(C)C)cc2)nc2ccccc21. The second-order valence-corrected chi connectivity index (χ2v) is 8.79. The van der Waals surface area contributed by atoms with E-state index in [1.54, 1.807) is 19.2 Å². The van der Waals surface area contributed by atoms with Crippen LogP contribution in [0.15, 0.2) is 53.4 Å². The average Bonchev–Trinajstić information content (AvgIpc) is 2.98. The monoisotopic (exact) mass is 371 g/mol. The molecule has 0 saturated heterocycles. The van der Waals surface area contributed by atoms with Gasteiger partial charge in [-0.3, -0.25) is 0 Å². The second-order valence-electron chi connectivity index (χ2n) is 6.75. The summed E-state index contributed by atoms with van der Waals surface area (Å²) in [6.07, 6.45) is 0. The Bertz CT molecular complexity index is 1010. The Morgan fingerprint density at radius 1 is 1.08 bits per heavy atom. The predicted molar refractivity (Wildman–Crippen MR) is 105 cm³/mol. The molecule has 138 valence electrons. The lowest BCUT2D eigenvalue weighted by Crippen LogP contribution is -2.28. The van der Waals surface area contributed by atoms with E-state index in [1.807, 2.05) is 43.3 Å². The topological polar surface area (TPSA) is 55.2 Å². The number of hydrogen-bond donors (Lipinski definition) is 0. The first-order valence-corrected chi connectivity index (χ1v) is 10.3. The molecule has 0 spiro atoms. The van der Waals surface area contributed by atoms with E-state index >= 15 is 0 Å². The van der Waals surface area contributed by atoms with Crippen LogP contribution in [-0.2, 0) is 23.1 Å². The number of para-hydroxylation sites is 2. The van der Waals surface area contributed by atoms with Crippen LogP contribution in [0, 0.1) is 0 Å². The molecule has 0 N–H and O–H groups in total. The maximum atomic E-state index is 12.9. The van der Waals surface area contributed by atoms with Gasteiger partial charge in [-0.25, -0.2) is 13.4 Å². The first-order chi connectivity index (χ1) is 12.3. The van der Waals surface area contributed by atoms with Gasteiger partial charge in [0.25, 0.3) is 0 Å². The molecule has 2 aromatic carbocycles. The molecule has 0 saturated carbocycles. The summed E-state index contributed by atoms with van der Waals surface area (Å²) in [4.78, 5) is 4.93. The zero-order valence-electron chi connectivity index (χ0n) is 15.7. The molecule has 0 bridgehead atoms. The number of hydrogen-bond acceptors (Lipinski definition) is 3. The van der Waals surface area contributed by atoms with E-state index in [0.717, 1.165) is 29.0 Å². The molecular weight excluding hydrogens is 346 g/mol. The highest BCUT2D eigenvalue weighted by Gasteiger charge is 2.23. The number of imidazole rings is 1. The van der Waals surface area contributed by atoms with Crippen LogP contribution in [0.5, 0.6) is 0 Å². The summed E-state index contributed by atoms with van der Waals surface area (Å²) < 4.78 is 29.3. The molecule has 26 heavy (non-hydrogen) atoms. The predicted octanol–water partition coefficient (Wildman–Crippen LogP) is 4.00. The molecule has 0 fully saturated rings. The molecule has 3 aromatic rings. The van der Waals surface area contributed by atoms with Gasteiger partial charge in [-0.15, -0.1) is 0 Å². The maximum absolute atomic E-state index is 12.9. The van der Waals surface area contributed by atoms with Gasteiger partial charge in [-0.05, 0) is 42.7 Å². The lowest BCUT2D eigenvalue weighted by atomic mass is 10.0. The zero-order valence-corrected chi connectivity index (χ0v) is 16.5.